The molecule has 156 valence electrons. The number of guanidine groups is 1. The first-order valence-electron chi connectivity index (χ1n) is 8.29. The first kappa shape index (κ1) is 20.2. The van der Waals surface area contributed by atoms with Crippen LogP contribution in [-0.4, -0.2) is 42.3 Å². The predicted octanol–water partition coefficient (Wildman–Crippen LogP) is 1.07. The molecule has 2 heterocycles. The highest BCUT2D eigenvalue weighted by atomic mass is 16.9. The summed E-state index contributed by atoms with van der Waals surface area (Å²) in [5, 5.41) is 25.4. The molecule has 0 aromatic heterocycles. The Bertz CT molecular complexity index is 1000. The minimum atomic E-state index is -1.50. The van der Waals surface area contributed by atoms with Gasteiger partial charge in [0.05, 0.1) is 12.4 Å². The number of hydrazone groups is 1. The molecule has 0 fully saturated rings. The average molecular weight is 416 g/mol. The van der Waals surface area contributed by atoms with E-state index >= 15 is 0 Å². The maximum atomic E-state index is 8.36. The zero-order valence-corrected chi connectivity index (χ0v) is 15.3. The normalized spacial score (nSPS) is 13.9. The fourth-order valence-corrected chi connectivity index (χ4v) is 2.34. The van der Waals surface area contributed by atoms with Crippen molar-refractivity contribution in [2.75, 3.05) is 13.6 Å². The summed E-state index contributed by atoms with van der Waals surface area (Å²) in [5.41, 5.74) is 9.94. The van der Waals surface area contributed by atoms with Gasteiger partial charge in [0.1, 0.15) is 0 Å². The van der Waals surface area contributed by atoms with E-state index in [0.717, 1.165) is 11.1 Å². The van der Waals surface area contributed by atoms with Crippen molar-refractivity contribution in [3.8, 4) is 23.0 Å². The van der Waals surface area contributed by atoms with E-state index in [-0.39, 0.29) is 19.5 Å². The van der Waals surface area contributed by atoms with E-state index in [1.807, 2.05) is 36.4 Å². The van der Waals surface area contributed by atoms with Gasteiger partial charge in [-0.05, 0) is 47.5 Å². The van der Waals surface area contributed by atoms with E-state index in [2.05, 4.69) is 20.7 Å². The lowest BCUT2D eigenvalue weighted by atomic mass is 10.2. The first-order chi connectivity index (χ1) is 14.5. The lowest BCUT2D eigenvalue weighted by Crippen LogP contribution is -2.26. The molecule has 0 atom stereocenters. The third-order valence-electron chi connectivity index (χ3n) is 3.56. The molecule has 0 bridgehead atoms. The van der Waals surface area contributed by atoms with Crippen molar-refractivity contribution in [2.45, 2.75) is 0 Å². The first-order valence-corrected chi connectivity index (χ1v) is 8.29. The second-order valence-corrected chi connectivity index (χ2v) is 5.56. The van der Waals surface area contributed by atoms with Gasteiger partial charge in [0, 0.05) is 0 Å². The molecule has 0 unspecified atom stereocenters. The highest BCUT2D eigenvalue weighted by Crippen LogP contribution is 2.32. The van der Waals surface area contributed by atoms with Gasteiger partial charge in [-0.25, -0.2) is 5.43 Å². The number of hydrogen-bond acceptors (Lipinski definition) is 9. The smallest absolute Gasteiger partial charge is 0.291 e. The Morgan fingerprint density at radius 2 is 1.50 bits per heavy atom. The van der Waals surface area contributed by atoms with Crippen LogP contribution in [0, 0.1) is 10.1 Å². The van der Waals surface area contributed by atoms with Gasteiger partial charge in [-0.2, -0.15) is 10.2 Å². The molecule has 4 rings (SSSR count). The number of rotatable bonds is 4. The van der Waals surface area contributed by atoms with Gasteiger partial charge < -0.3 is 29.9 Å². The fourth-order valence-electron chi connectivity index (χ4n) is 2.34. The molecule has 0 saturated heterocycles. The molecule has 0 aliphatic carbocycles. The van der Waals surface area contributed by atoms with Crippen LogP contribution >= 0.6 is 0 Å². The van der Waals surface area contributed by atoms with Crippen molar-refractivity contribution in [2.24, 2.45) is 21.0 Å². The second-order valence-electron chi connectivity index (χ2n) is 5.56. The molecule has 2 aromatic carbocycles. The van der Waals surface area contributed by atoms with Gasteiger partial charge in [0.25, 0.3) is 5.09 Å². The third kappa shape index (κ3) is 5.72. The number of nitrogens with zero attached hydrogens (tertiary/aromatic N) is 4. The Morgan fingerprint density at radius 3 is 2.07 bits per heavy atom. The standard InChI is InChI=1S/C17H15N5O4.HNO3/c18-17(21-19-7-11-1-3-13-15(5-11)25-9-23-13)22-20-8-12-2-4-14-16(6-12)26-10-24-14;2-1(3)4/h1-8H,9-10H2,(H3,18,21,22);(H,2,3,4)/b19-7+,20-8+;. The van der Waals surface area contributed by atoms with E-state index < -0.39 is 5.09 Å². The molecule has 4 N–H and O–H groups in total. The molecule has 0 radical (unpaired) electrons. The molecule has 0 amide bonds. The van der Waals surface area contributed by atoms with Gasteiger partial charge in [-0.3, -0.25) is 0 Å². The highest BCUT2D eigenvalue weighted by molar-refractivity contribution is 5.85. The van der Waals surface area contributed by atoms with Crippen LogP contribution in [0.4, 0.5) is 0 Å². The summed E-state index contributed by atoms with van der Waals surface area (Å²) < 4.78 is 21.1. The van der Waals surface area contributed by atoms with Crippen LogP contribution in [-0.2, 0) is 0 Å². The molecule has 0 spiro atoms. The van der Waals surface area contributed by atoms with E-state index in [1.165, 1.54) is 0 Å². The topological polar surface area (TPSA) is 175 Å². The summed E-state index contributed by atoms with van der Waals surface area (Å²) in [7, 11) is 0. The van der Waals surface area contributed by atoms with Crippen LogP contribution in [0.3, 0.4) is 0 Å². The molecular formula is C17H16N6O7. The van der Waals surface area contributed by atoms with Gasteiger partial charge in [-0.15, -0.1) is 15.2 Å². The third-order valence-corrected chi connectivity index (χ3v) is 3.56. The predicted molar refractivity (Wildman–Crippen MR) is 104 cm³/mol. The summed E-state index contributed by atoms with van der Waals surface area (Å²) in [6.07, 6.45) is 3.14. The fraction of sp³-hybridized carbons (Fsp3) is 0.118. The highest BCUT2D eigenvalue weighted by Gasteiger charge is 2.13. The lowest BCUT2D eigenvalue weighted by molar-refractivity contribution is -0.742. The Hall–Kier alpha value is -4.55. The molecule has 0 saturated carbocycles. The largest absolute Gasteiger partial charge is 0.454 e. The Balaban J connectivity index is 0.000000589. The summed E-state index contributed by atoms with van der Waals surface area (Å²) in [5.74, 6) is 2.85. The summed E-state index contributed by atoms with van der Waals surface area (Å²) in [4.78, 5) is 8.36. The quantitative estimate of drug-likeness (QED) is 0.285. The van der Waals surface area contributed by atoms with Crippen LogP contribution in [0.5, 0.6) is 23.0 Å². The van der Waals surface area contributed by atoms with Crippen LogP contribution in [0.2, 0.25) is 0 Å². The Morgan fingerprint density at radius 1 is 1.00 bits per heavy atom. The van der Waals surface area contributed by atoms with E-state index in [9.17, 15) is 0 Å². The number of nitrogens with two attached hydrogens (primary N) is 1. The zero-order valence-electron chi connectivity index (χ0n) is 15.3. The van der Waals surface area contributed by atoms with Crippen molar-refractivity contribution in [1.29, 1.82) is 0 Å². The molecule has 13 nitrogen and oxygen atoms in total. The van der Waals surface area contributed by atoms with Gasteiger partial charge in [-0.1, -0.05) is 0 Å². The summed E-state index contributed by atoms with van der Waals surface area (Å²) in [6, 6.07) is 10.9. The van der Waals surface area contributed by atoms with Crippen LogP contribution in [0.25, 0.3) is 0 Å². The van der Waals surface area contributed by atoms with Crippen molar-refractivity contribution in [3.63, 3.8) is 0 Å². The molecule has 30 heavy (non-hydrogen) atoms. The minimum absolute atomic E-state index is 0.0546. The molecule has 2 aromatic rings. The summed E-state index contributed by atoms with van der Waals surface area (Å²) in [6.45, 7) is 0.460. The van der Waals surface area contributed by atoms with Crippen molar-refractivity contribution in [3.05, 3.63) is 57.6 Å². The van der Waals surface area contributed by atoms with Crippen molar-refractivity contribution >= 4 is 18.4 Å². The number of nitrogens with one attached hydrogen (secondary N) is 1. The minimum Gasteiger partial charge on any atom is -0.454 e. The number of fused-ring (bicyclic) bond motifs is 2. The SMILES string of the molecule is N/C(=N\N=C\c1ccc2c(c1)OCO2)N/N=C/c1ccc2c(c1)OCO2.O=[N+]([O-])O. The monoisotopic (exact) mass is 416 g/mol. The van der Waals surface area contributed by atoms with Crippen LogP contribution in [0.1, 0.15) is 11.1 Å². The second kappa shape index (κ2) is 9.59. The van der Waals surface area contributed by atoms with Crippen LogP contribution in [0.15, 0.2) is 51.7 Å². The van der Waals surface area contributed by atoms with Gasteiger partial charge in [0.2, 0.25) is 19.5 Å². The zero-order chi connectivity index (χ0) is 21.3. The number of hydrogen-bond donors (Lipinski definition) is 3. The van der Waals surface area contributed by atoms with Gasteiger partial charge in [0.15, 0.2) is 23.0 Å². The maximum Gasteiger partial charge on any atom is 0.291 e. The van der Waals surface area contributed by atoms with Crippen LogP contribution < -0.4 is 30.1 Å². The molecule has 2 aliphatic heterocycles. The van der Waals surface area contributed by atoms with Crippen molar-refractivity contribution in [1.82, 2.24) is 5.43 Å². The number of benzene rings is 2. The Kier molecular flexibility index (Phi) is 6.45. The number of ether oxygens (including phenoxy) is 4. The van der Waals surface area contributed by atoms with E-state index in [1.54, 1.807) is 12.4 Å². The molecule has 2 aliphatic rings. The van der Waals surface area contributed by atoms with E-state index in [0.29, 0.717) is 23.0 Å². The van der Waals surface area contributed by atoms with Crippen molar-refractivity contribution < 1.29 is 29.2 Å². The van der Waals surface area contributed by atoms with E-state index in [4.69, 9.17) is 40.0 Å². The maximum absolute atomic E-state index is 8.36. The summed E-state index contributed by atoms with van der Waals surface area (Å²) >= 11 is 0. The molecular weight excluding hydrogens is 400 g/mol. The average Bonchev–Trinajstić information content (AvgIpc) is 3.36. The lowest BCUT2D eigenvalue weighted by Gasteiger charge is -1.98. The van der Waals surface area contributed by atoms with Gasteiger partial charge >= 0.3 is 0 Å². The Labute approximate surface area is 169 Å². The molecule has 13 heteroatoms.